The average Bonchev–Trinajstić information content (AvgIpc) is 2.92. The van der Waals surface area contributed by atoms with Crippen molar-refractivity contribution < 1.29 is 0 Å². The van der Waals surface area contributed by atoms with E-state index in [9.17, 15) is 0 Å². The smallest absolute Gasteiger partial charge is 0.230 e. The molecule has 2 heterocycles. The Hall–Kier alpha value is -2.47. The predicted molar refractivity (Wildman–Crippen MR) is 83.5 cm³/mol. The first-order chi connectivity index (χ1) is 10.3. The van der Waals surface area contributed by atoms with E-state index in [4.69, 9.17) is 5.73 Å². The molecular formula is C15H18N6. The number of imidazole rings is 1. The van der Waals surface area contributed by atoms with Gasteiger partial charge in [-0.1, -0.05) is 18.2 Å². The van der Waals surface area contributed by atoms with Crippen molar-refractivity contribution in [2.45, 2.75) is 19.8 Å². The van der Waals surface area contributed by atoms with Crippen molar-refractivity contribution in [2.24, 2.45) is 5.73 Å². The van der Waals surface area contributed by atoms with E-state index in [0.717, 1.165) is 35.1 Å². The number of nitrogens with two attached hydrogens (primary N) is 1. The highest BCUT2D eigenvalue weighted by Gasteiger charge is 2.06. The van der Waals surface area contributed by atoms with Gasteiger partial charge in [0.15, 0.2) is 0 Å². The van der Waals surface area contributed by atoms with Crippen molar-refractivity contribution in [3.05, 3.63) is 41.9 Å². The van der Waals surface area contributed by atoms with Gasteiger partial charge in [-0.2, -0.15) is 0 Å². The normalized spacial score (nSPS) is 11.0. The summed E-state index contributed by atoms with van der Waals surface area (Å²) in [6.07, 6.45) is 3.64. The highest BCUT2D eigenvalue weighted by Crippen LogP contribution is 2.18. The van der Waals surface area contributed by atoms with E-state index >= 15 is 0 Å². The lowest BCUT2D eigenvalue weighted by molar-refractivity contribution is 0.816. The predicted octanol–water partition coefficient (Wildman–Crippen LogP) is 2.30. The van der Waals surface area contributed by atoms with Gasteiger partial charge in [-0.25, -0.2) is 15.0 Å². The molecule has 0 bridgehead atoms. The van der Waals surface area contributed by atoms with Crippen LogP contribution in [0.4, 0.5) is 11.9 Å². The van der Waals surface area contributed by atoms with Crippen molar-refractivity contribution in [1.29, 1.82) is 0 Å². The van der Waals surface area contributed by atoms with Gasteiger partial charge in [0, 0.05) is 11.1 Å². The zero-order valence-corrected chi connectivity index (χ0v) is 11.9. The topological polar surface area (TPSA) is 92.5 Å². The molecule has 0 amide bonds. The second kappa shape index (κ2) is 5.88. The lowest BCUT2D eigenvalue weighted by Crippen LogP contribution is -2.02. The van der Waals surface area contributed by atoms with E-state index in [2.05, 4.69) is 25.3 Å². The molecule has 6 nitrogen and oxygen atoms in total. The summed E-state index contributed by atoms with van der Waals surface area (Å²) in [6.45, 7) is 2.65. The van der Waals surface area contributed by atoms with Crippen molar-refractivity contribution in [2.75, 3.05) is 11.9 Å². The molecule has 0 fully saturated rings. The molecule has 3 aromatic rings. The summed E-state index contributed by atoms with van der Waals surface area (Å²) < 4.78 is 0. The minimum absolute atomic E-state index is 0.547. The Kier molecular flexibility index (Phi) is 3.79. The number of para-hydroxylation sites is 1. The van der Waals surface area contributed by atoms with E-state index in [0.29, 0.717) is 18.4 Å². The Bertz CT molecular complexity index is 749. The molecule has 0 saturated heterocycles. The van der Waals surface area contributed by atoms with Gasteiger partial charge < -0.3 is 10.7 Å². The number of hydrogen-bond acceptors (Lipinski definition) is 5. The van der Waals surface area contributed by atoms with Gasteiger partial charge in [-0.05, 0) is 32.4 Å². The quantitative estimate of drug-likeness (QED) is 0.667. The van der Waals surface area contributed by atoms with Crippen LogP contribution in [0.15, 0.2) is 30.5 Å². The van der Waals surface area contributed by atoms with Crippen LogP contribution < -0.4 is 11.1 Å². The molecule has 0 unspecified atom stereocenters. The van der Waals surface area contributed by atoms with Gasteiger partial charge in [-0.3, -0.25) is 5.32 Å². The number of hydrogen-bond donors (Lipinski definition) is 3. The highest BCUT2D eigenvalue weighted by molar-refractivity contribution is 5.81. The molecule has 0 spiro atoms. The molecule has 4 N–H and O–H groups in total. The van der Waals surface area contributed by atoms with Gasteiger partial charge in [0.1, 0.15) is 0 Å². The minimum atomic E-state index is 0.547. The third kappa shape index (κ3) is 3.00. The molecule has 108 valence electrons. The van der Waals surface area contributed by atoms with E-state index < -0.39 is 0 Å². The van der Waals surface area contributed by atoms with E-state index in [-0.39, 0.29) is 0 Å². The first-order valence-electron chi connectivity index (χ1n) is 7.00. The van der Waals surface area contributed by atoms with Crippen LogP contribution in [-0.4, -0.2) is 26.5 Å². The Morgan fingerprint density at radius 2 is 2.10 bits per heavy atom. The van der Waals surface area contributed by atoms with Crippen molar-refractivity contribution in [1.82, 2.24) is 19.9 Å². The molecule has 0 radical (unpaired) electrons. The summed E-state index contributed by atoms with van der Waals surface area (Å²) in [6, 6.07) is 7.95. The molecule has 21 heavy (non-hydrogen) atoms. The number of fused-ring (bicyclic) bond motifs is 1. The summed E-state index contributed by atoms with van der Waals surface area (Å²) in [5, 5.41) is 4.17. The minimum Gasteiger partial charge on any atom is -0.330 e. The molecular weight excluding hydrogens is 264 g/mol. The second-order valence-corrected chi connectivity index (χ2v) is 4.92. The zero-order chi connectivity index (χ0) is 14.7. The summed E-state index contributed by atoms with van der Waals surface area (Å²) in [5.41, 5.74) is 8.42. The van der Waals surface area contributed by atoms with Crippen LogP contribution in [0.1, 0.15) is 17.8 Å². The number of nitrogens with one attached hydrogen (secondary N) is 2. The Labute approximate surface area is 122 Å². The Morgan fingerprint density at radius 3 is 2.95 bits per heavy atom. The number of aromatic nitrogens is 4. The molecule has 0 aliphatic carbocycles. The molecule has 2 aromatic heterocycles. The SMILES string of the molecule is Cc1nc(Nc2ncc(CCCN)[nH]2)nc2ccccc12. The van der Waals surface area contributed by atoms with Crippen LogP contribution in [0.25, 0.3) is 10.9 Å². The molecule has 0 atom stereocenters. The zero-order valence-electron chi connectivity index (χ0n) is 11.9. The molecule has 0 aliphatic rings. The van der Waals surface area contributed by atoms with Gasteiger partial charge in [0.2, 0.25) is 11.9 Å². The van der Waals surface area contributed by atoms with Crippen LogP contribution in [0.3, 0.4) is 0 Å². The lowest BCUT2D eigenvalue weighted by Gasteiger charge is -2.05. The first kappa shape index (κ1) is 13.5. The van der Waals surface area contributed by atoms with Gasteiger partial charge in [-0.15, -0.1) is 0 Å². The van der Waals surface area contributed by atoms with Crippen molar-refractivity contribution in [3.63, 3.8) is 0 Å². The molecule has 6 heteroatoms. The fourth-order valence-electron chi connectivity index (χ4n) is 2.24. The maximum Gasteiger partial charge on any atom is 0.230 e. The van der Waals surface area contributed by atoms with Crippen LogP contribution in [-0.2, 0) is 6.42 Å². The molecule has 0 saturated carbocycles. The lowest BCUT2D eigenvalue weighted by atomic mass is 10.2. The van der Waals surface area contributed by atoms with Crippen LogP contribution in [0, 0.1) is 6.92 Å². The summed E-state index contributed by atoms with van der Waals surface area (Å²) in [4.78, 5) is 16.5. The summed E-state index contributed by atoms with van der Waals surface area (Å²) in [7, 11) is 0. The van der Waals surface area contributed by atoms with Crippen molar-refractivity contribution in [3.8, 4) is 0 Å². The third-order valence-electron chi connectivity index (χ3n) is 3.30. The van der Waals surface area contributed by atoms with Gasteiger partial charge in [0.05, 0.1) is 17.4 Å². The number of aryl methyl sites for hydroxylation is 2. The maximum atomic E-state index is 5.51. The van der Waals surface area contributed by atoms with Crippen LogP contribution in [0.2, 0.25) is 0 Å². The largest absolute Gasteiger partial charge is 0.330 e. The maximum absolute atomic E-state index is 5.51. The van der Waals surface area contributed by atoms with Crippen LogP contribution in [0.5, 0.6) is 0 Å². The second-order valence-electron chi connectivity index (χ2n) is 4.92. The average molecular weight is 282 g/mol. The highest BCUT2D eigenvalue weighted by atomic mass is 15.2. The van der Waals surface area contributed by atoms with E-state index in [1.807, 2.05) is 37.4 Å². The monoisotopic (exact) mass is 282 g/mol. The van der Waals surface area contributed by atoms with Crippen molar-refractivity contribution >= 4 is 22.8 Å². The number of anilines is 2. The Balaban J connectivity index is 1.83. The number of H-pyrrole nitrogens is 1. The van der Waals surface area contributed by atoms with Gasteiger partial charge >= 0.3 is 0 Å². The Morgan fingerprint density at radius 1 is 1.24 bits per heavy atom. The third-order valence-corrected chi connectivity index (χ3v) is 3.30. The number of benzene rings is 1. The van der Waals surface area contributed by atoms with Gasteiger partial charge in [0.25, 0.3) is 0 Å². The number of rotatable bonds is 5. The fourth-order valence-corrected chi connectivity index (χ4v) is 2.24. The summed E-state index contributed by atoms with van der Waals surface area (Å²) >= 11 is 0. The number of aromatic amines is 1. The molecule has 1 aromatic carbocycles. The van der Waals surface area contributed by atoms with Crippen LogP contribution >= 0.6 is 0 Å². The molecule has 3 rings (SSSR count). The van der Waals surface area contributed by atoms with E-state index in [1.165, 1.54) is 0 Å². The van der Waals surface area contributed by atoms with E-state index in [1.54, 1.807) is 0 Å². The number of nitrogens with zero attached hydrogens (tertiary/aromatic N) is 3. The standard InChI is InChI=1S/C15H18N6/c1-10-12-6-2-3-7-13(12)20-15(18-10)21-14-17-9-11(19-14)5-4-8-16/h2-3,6-7,9H,4-5,8,16H2,1H3,(H2,17,18,19,20,21). The summed E-state index contributed by atoms with van der Waals surface area (Å²) in [5.74, 6) is 1.20. The fraction of sp³-hybridized carbons (Fsp3) is 0.267. The first-order valence-corrected chi connectivity index (χ1v) is 7.00. The molecule has 0 aliphatic heterocycles.